The molecular formula is C16H23N5O9. The number of carbonyl (C=O) groups excluding carboxylic acids is 3. The molecule has 14 heteroatoms. The van der Waals surface area contributed by atoms with Crippen LogP contribution in [0.4, 0.5) is 4.79 Å². The fraction of sp³-hybridized carbons (Fsp3) is 0.625. The molecule has 0 aliphatic carbocycles. The Hall–Kier alpha value is -2.94. The molecule has 0 aromatic rings. The van der Waals surface area contributed by atoms with Crippen LogP contribution in [0.5, 0.6) is 0 Å². The highest BCUT2D eigenvalue weighted by atomic mass is 16.8. The van der Waals surface area contributed by atoms with Gasteiger partial charge in [-0.2, -0.15) is 0 Å². The van der Waals surface area contributed by atoms with Gasteiger partial charge >= 0.3 is 18.1 Å². The van der Waals surface area contributed by atoms with Crippen LogP contribution >= 0.6 is 0 Å². The van der Waals surface area contributed by atoms with Crippen molar-refractivity contribution < 1.29 is 43.3 Å². The van der Waals surface area contributed by atoms with E-state index in [4.69, 9.17) is 35.3 Å². The lowest BCUT2D eigenvalue weighted by molar-refractivity contribution is -0.159. The maximum Gasteiger partial charge on any atom is 0.509 e. The van der Waals surface area contributed by atoms with Gasteiger partial charge in [0.2, 0.25) is 6.35 Å². The van der Waals surface area contributed by atoms with E-state index in [0.29, 0.717) is 0 Å². The van der Waals surface area contributed by atoms with Gasteiger partial charge in [0.05, 0.1) is 0 Å². The standard InChI is InChI=1S/C16H23N5O9/c1-6(17)13(22)26-5-8-10-11(29-16(25)28-10)12(27-8)21-4-3-9(19-15(21)24)20-30-14(23)7(2)18/h3-4,6-8,10-12,15,24H,5,17-18H2,1-2H3,(H,19,20)/t6-,7-,8-,10-,11-,12-,15?/m1/s1. The van der Waals surface area contributed by atoms with Crippen LogP contribution in [-0.4, -0.2) is 83.5 Å². The maximum absolute atomic E-state index is 11.6. The first-order valence-corrected chi connectivity index (χ1v) is 9.06. The number of aliphatic hydroxyl groups excluding tert-OH is 1. The van der Waals surface area contributed by atoms with Gasteiger partial charge in [0.1, 0.15) is 24.8 Å². The maximum atomic E-state index is 11.6. The van der Waals surface area contributed by atoms with Crippen LogP contribution in [0.15, 0.2) is 17.3 Å². The van der Waals surface area contributed by atoms with Gasteiger partial charge in [-0.1, -0.05) is 0 Å². The van der Waals surface area contributed by atoms with E-state index >= 15 is 0 Å². The lowest BCUT2D eigenvalue weighted by atomic mass is 10.1. The van der Waals surface area contributed by atoms with E-state index < -0.39 is 61.1 Å². The van der Waals surface area contributed by atoms with E-state index in [1.54, 1.807) is 0 Å². The Balaban J connectivity index is 1.64. The Morgan fingerprint density at radius 2 is 1.93 bits per heavy atom. The predicted octanol–water partition coefficient (Wildman–Crippen LogP) is -2.60. The number of hydrogen-bond acceptors (Lipinski definition) is 14. The van der Waals surface area contributed by atoms with Gasteiger partial charge < -0.3 is 45.3 Å². The molecule has 14 nitrogen and oxygen atoms in total. The number of ether oxygens (including phenoxy) is 4. The average Bonchev–Trinajstić information content (AvgIpc) is 3.21. The first-order valence-electron chi connectivity index (χ1n) is 9.06. The number of aliphatic imine (C=N–C) groups is 1. The van der Waals surface area contributed by atoms with Crippen molar-refractivity contribution >= 4 is 23.9 Å². The van der Waals surface area contributed by atoms with E-state index in [1.807, 2.05) is 0 Å². The summed E-state index contributed by atoms with van der Waals surface area (Å²) in [6.07, 6.45) is -3.19. The van der Waals surface area contributed by atoms with Crippen molar-refractivity contribution in [3.63, 3.8) is 0 Å². The molecule has 166 valence electrons. The number of esters is 1. The minimum Gasteiger partial charge on any atom is -0.462 e. The highest BCUT2D eigenvalue weighted by molar-refractivity contribution is 5.93. The van der Waals surface area contributed by atoms with E-state index in [-0.39, 0.29) is 12.4 Å². The lowest BCUT2D eigenvalue weighted by Gasteiger charge is -2.33. The molecule has 3 heterocycles. The summed E-state index contributed by atoms with van der Waals surface area (Å²) in [5.41, 5.74) is 13.1. The minimum atomic E-state index is -1.47. The molecule has 6 N–H and O–H groups in total. The number of amidine groups is 1. The number of carbonyl (C=O) groups is 3. The molecule has 2 fully saturated rings. The topological polar surface area (TPSA) is 197 Å². The molecular weight excluding hydrogens is 406 g/mol. The van der Waals surface area contributed by atoms with Crippen LogP contribution in [0.3, 0.4) is 0 Å². The minimum absolute atomic E-state index is 0.0457. The number of nitrogens with zero attached hydrogens (tertiary/aromatic N) is 2. The number of fused-ring (bicyclic) bond motifs is 1. The third-order valence-electron chi connectivity index (χ3n) is 4.36. The molecule has 3 aliphatic heterocycles. The van der Waals surface area contributed by atoms with Crippen LogP contribution in [0.25, 0.3) is 0 Å². The van der Waals surface area contributed by atoms with E-state index in [1.165, 1.54) is 31.0 Å². The molecule has 0 aromatic heterocycles. The highest BCUT2D eigenvalue weighted by Crippen LogP contribution is 2.35. The van der Waals surface area contributed by atoms with Crippen LogP contribution < -0.4 is 16.9 Å². The Kier molecular flexibility index (Phi) is 6.40. The monoisotopic (exact) mass is 429 g/mol. The van der Waals surface area contributed by atoms with E-state index in [2.05, 4.69) is 10.5 Å². The predicted molar refractivity (Wildman–Crippen MR) is 95.7 cm³/mol. The molecule has 0 amide bonds. The van der Waals surface area contributed by atoms with E-state index in [0.717, 1.165) is 0 Å². The lowest BCUT2D eigenvalue weighted by Crippen LogP contribution is -2.48. The Labute approximate surface area is 170 Å². The number of hydroxylamine groups is 1. The van der Waals surface area contributed by atoms with Gasteiger partial charge in [-0.05, 0) is 19.9 Å². The molecule has 2 saturated heterocycles. The molecule has 30 heavy (non-hydrogen) atoms. The average molecular weight is 429 g/mol. The normalized spacial score (nSPS) is 31.8. The van der Waals surface area contributed by atoms with E-state index in [9.17, 15) is 19.5 Å². The van der Waals surface area contributed by atoms with Gasteiger partial charge in [0.15, 0.2) is 24.3 Å². The van der Waals surface area contributed by atoms with Gasteiger partial charge in [-0.3, -0.25) is 4.79 Å². The summed E-state index contributed by atoms with van der Waals surface area (Å²) >= 11 is 0. The molecule has 1 unspecified atom stereocenters. The smallest absolute Gasteiger partial charge is 0.462 e. The number of nitrogens with two attached hydrogens (primary N) is 2. The summed E-state index contributed by atoms with van der Waals surface area (Å²) in [6.45, 7) is 2.68. The van der Waals surface area contributed by atoms with Crippen LogP contribution in [0, 0.1) is 0 Å². The zero-order chi connectivity index (χ0) is 22.0. The van der Waals surface area contributed by atoms with Crippen LogP contribution in [0.1, 0.15) is 13.8 Å². The quantitative estimate of drug-likeness (QED) is 0.202. The van der Waals surface area contributed by atoms with Crippen LogP contribution in [0.2, 0.25) is 0 Å². The molecule has 0 spiro atoms. The van der Waals surface area contributed by atoms with Gasteiger partial charge in [-0.15, -0.1) is 0 Å². The highest BCUT2D eigenvalue weighted by Gasteiger charge is 2.57. The Morgan fingerprint density at radius 1 is 1.27 bits per heavy atom. The summed E-state index contributed by atoms with van der Waals surface area (Å²) in [4.78, 5) is 44.5. The molecule has 0 saturated carbocycles. The summed E-state index contributed by atoms with van der Waals surface area (Å²) in [5, 5.41) is 10.4. The number of rotatable bonds is 5. The third kappa shape index (κ3) is 4.62. The SMILES string of the molecule is C[C@@H](N)C(=O)OC[C@H]1O[C@@H](N2C=CC(NOC(=O)[C@@H](C)N)=NC2O)[C@@H]2OC(=O)O[C@@H]21. The molecule has 0 radical (unpaired) electrons. The van der Waals surface area contributed by atoms with Crippen molar-refractivity contribution in [2.75, 3.05) is 6.61 Å². The van der Waals surface area contributed by atoms with Gasteiger partial charge in [-0.25, -0.2) is 20.1 Å². The summed E-state index contributed by atoms with van der Waals surface area (Å²) < 4.78 is 21.1. The molecule has 7 atom stereocenters. The second-order valence-electron chi connectivity index (χ2n) is 6.83. The molecule has 0 bridgehead atoms. The first kappa shape index (κ1) is 21.8. The second kappa shape index (κ2) is 8.83. The molecule has 3 aliphatic rings. The summed E-state index contributed by atoms with van der Waals surface area (Å²) in [6, 6.07) is -1.68. The van der Waals surface area contributed by atoms with Crippen molar-refractivity contribution in [3.05, 3.63) is 12.3 Å². The summed E-state index contributed by atoms with van der Waals surface area (Å²) in [7, 11) is 0. The fourth-order valence-electron chi connectivity index (χ4n) is 2.84. The number of nitrogens with one attached hydrogen (secondary N) is 1. The van der Waals surface area contributed by atoms with Crippen molar-refractivity contribution in [1.29, 1.82) is 0 Å². The fourth-order valence-corrected chi connectivity index (χ4v) is 2.84. The molecule has 3 rings (SSSR count). The van der Waals surface area contributed by atoms with Crippen molar-refractivity contribution in [2.45, 2.75) is 56.8 Å². The first-order chi connectivity index (χ1) is 14.2. The van der Waals surface area contributed by atoms with Crippen LogP contribution in [-0.2, 0) is 33.4 Å². The summed E-state index contributed by atoms with van der Waals surface area (Å²) in [5.74, 6) is -1.32. The van der Waals surface area contributed by atoms with Gasteiger partial charge in [0, 0.05) is 6.20 Å². The zero-order valence-electron chi connectivity index (χ0n) is 16.2. The largest absolute Gasteiger partial charge is 0.509 e. The van der Waals surface area contributed by atoms with Crippen molar-refractivity contribution in [1.82, 2.24) is 10.4 Å². The third-order valence-corrected chi connectivity index (χ3v) is 4.36. The molecule has 0 aromatic carbocycles. The zero-order valence-corrected chi connectivity index (χ0v) is 16.2. The Morgan fingerprint density at radius 3 is 2.57 bits per heavy atom. The number of aliphatic hydroxyl groups is 1. The van der Waals surface area contributed by atoms with Crippen molar-refractivity contribution in [2.24, 2.45) is 16.5 Å². The number of hydrogen-bond donors (Lipinski definition) is 4. The van der Waals surface area contributed by atoms with Crippen molar-refractivity contribution in [3.8, 4) is 0 Å². The second-order valence-corrected chi connectivity index (χ2v) is 6.83. The van der Waals surface area contributed by atoms with Gasteiger partial charge in [0.25, 0.3) is 0 Å². The Bertz CT molecular complexity index is 755.